The summed E-state index contributed by atoms with van der Waals surface area (Å²) in [6.45, 7) is 8.07. The normalized spacial score (nSPS) is 20.7. The van der Waals surface area contributed by atoms with Crippen molar-refractivity contribution in [3.63, 3.8) is 0 Å². The van der Waals surface area contributed by atoms with E-state index < -0.39 is 5.54 Å². The molecule has 0 unspecified atom stereocenters. The highest BCUT2D eigenvalue weighted by Crippen LogP contribution is 2.40. The van der Waals surface area contributed by atoms with Crippen LogP contribution in [0.25, 0.3) is 11.3 Å². The molecule has 36 heavy (non-hydrogen) atoms. The van der Waals surface area contributed by atoms with E-state index in [1.54, 1.807) is 31.2 Å². The molecule has 1 N–H and O–H groups in total. The Morgan fingerprint density at radius 3 is 2.64 bits per heavy atom. The van der Waals surface area contributed by atoms with E-state index in [-0.39, 0.29) is 36.7 Å². The summed E-state index contributed by atoms with van der Waals surface area (Å²) < 4.78 is 40.9. The molecule has 190 valence electrons. The average molecular weight is 497 g/mol. The minimum Gasteiger partial charge on any atom is -0.340 e. The first-order valence-corrected chi connectivity index (χ1v) is 12.1. The van der Waals surface area contributed by atoms with Gasteiger partial charge in [-0.1, -0.05) is 12.1 Å². The lowest BCUT2D eigenvalue weighted by atomic mass is 9.98. The van der Waals surface area contributed by atoms with Crippen LogP contribution in [0.4, 0.5) is 20.3 Å². The van der Waals surface area contributed by atoms with Gasteiger partial charge < -0.3 is 24.3 Å². The van der Waals surface area contributed by atoms with Crippen LogP contribution >= 0.6 is 0 Å². The van der Waals surface area contributed by atoms with Gasteiger partial charge in [0.05, 0.1) is 5.54 Å². The lowest BCUT2D eigenvalue weighted by Gasteiger charge is -2.43. The smallest absolute Gasteiger partial charge is 0.243 e. The van der Waals surface area contributed by atoms with Gasteiger partial charge in [-0.15, -0.1) is 0 Å². The van der Waals surface area contributed by atoms with E-state index >= 15 is 0 Å². The molecule has 0 bridgehead atoms. The summed E-state index contributed by atoms with van der Waals surface area (Å²) in [5, 5.41) is 3.32. The Hall–Kier alpha value is -3.30. The summed E-state index contributed by atoms with van der Waals surface area (Å²) in [6.07, 6.45) is 1.03. The van der Waals surface area contributed by atoms with Crippen molar-refractivity contribution in [3.8, 4) is 11.3 Å². The number of benzene rings is 2. The number of carbonyl (C=O) groups excluding carboxylic acids is 1. The maximum atomic E-state index is 14.2. The number of aromatic nitrogens is 2. The van der Waals surface area contributed by atoms with Crippen LogP contribution in [0.2, 0.25) is 0 Å². The number of imidazole rings is 1. The standard InChI is InChI=1S/C27H30F2N4O3/c1-16-13-20(10-11-21(16)29)30-25-24(18-7-5-8-19(28)14-18)31-26-27(3,4)33(22(34)15-32(25)26)12-6-9-23-35-17(2)36-23/h5,7-8,10-11,13-14,17,23,30H,6,9,12,15H2,1-4H3. The number of nitrogens with zero attached hydrogens (tertiary/aromatic N) is 3. The van der Waals surface area contributed by atoms with Crippen molar-refractivity contribution in [3.05, 3.63) is 65.5 Å². The fraction of sp³-hybridized carbons (Fsp3) is 0.407. The van der Waals surface area contributed by atoms with Crippen LogP contribution in [0.3, 0.4) is 0 Å². The minimum absolute atomic E-state index is 0.0437. The Morgan fingerprint density at radius 2 is 1.94 bits per heavy atom. The van der Waals surface area contributed by atoms with Crippen LogP contribution in [0, 0.1) is 18.6 Å². The SMILES string of the molecule is Cc1cc(Nc2c(-c3cccc(F)c3)nc3n2CC(=O)N(CCCC2OC(C)O2)C3(C)C)ccc1F. The van der Waals surface area contributed by atoms with Crippen molar-refractivity contribution in [2.45, 2.75) is 65.2 Å². The highest BCUT2D eigenvalue weighted by Gasteiger charge is 2.43. The molecular formula is C27H30F2N4O3. The summed E-state index contributed by atoms with van der Waals surface area (Å²) in [5.41, 5.74) is 1.53. The molecule has 3 aromatic rings. The highest BCUT2D eigenvalue weighted by atomic mass is 19.1. The monoisotopic (exact) mass is 496 g/mol. The number of anilines is 2. The molecule has 1 saturated heterocycles. The van der Waals surface area contributed by atoms with Crippen molar-refractivity contribution < 1.29 is 23.0 Å². The van der Waals surface area contributed by atoms with E-state index in [1.807, 2.05) is 30.2 Å². The second-order valence-electron chi connectivity index (χ2n) is 9.83. The molecule has 1 fully saturated rings. The van der Waals surface area contributed by atoms with Crippen LogP contribution < -0.4 is 5.32 Å². The number of rotatable bonds is 7. The Bertz CT molecular complexity index is 1300. The minimum atomic E-state index is -0.718. The maximum Gasteiger partial charge on any atom is 0.243 e. The number of hydrogen-bond donors (Lipinski definition) is 1. The summed E-state index contributed by atoms with van der Waals surface area (Å²) in [6, 6.07) is 10.9. The van der Waals surface area contributed by atoms with Gasteiger partial charge in [0.1, 0.15) is 35.5 Å². The van der Waals surface area contributed by atoms with E-state index in [2.05, 4.69) is 5.32 Å². The van der Waals surface area contributed by atoms with Crippen molar-refractivity contribution in [2.24, 2.45) is 0 Å². The Kier molecular flexibility index (Phi) is 6.30. The molecule has 0 aliphatic carbocycles. The van der Waals surface area contributed by atoms with Crippen LogP contribution in [0.1, 0.15) is 45.0 Å². The number of ether oxygens (including phenoxy) is 2. The summed E-state index contributed by atoms with van der Waals surface area (Å²) in [5.74, 6) is 0.521. The fourth-order valence-corrected chi connectivity index (χ4v) is 4.94. The summed E-state index contributed by atoms with van der Waals surface area (Å²) >= 11 is 0. The first-order chi connectivity index (χ1) is 17.1. The second-order valence-corrected chi connectivity index (χ2v) is 9.83. The van der Waals surface area contributed by atoms with Gasteiger partial charge >= 0.3 is 0 Å². The van der Waals surface area contributed by atoms with Gasteiger partial charge in [-0.2, -0.15) is 0 Å². The molecule has 9 heteroatoms. The lowest BCUT2D eigenvalue weighted by Crippen LogP contribution is -2.53. The first-order valence-electron chi connectivity index (χ1n) is 12.1. The molecule has 0 atom stereocenters. The van der Waals surface area contributed by atoms with Gasteiger partial charge in [0.15, 0.2) is 12.6 Å². The molecule has 0 radical (unpaired) electrons. The highest BCUT2D eigenvalue weighted by molar-refractivity contribution is 5.83. The third kappa shape index (κ3) is 4.49. The van der Waals surface area contributed by atoms with Crippen LogP contribution in [0.5, 0.6) is 0 Å². The van der Waals surface area contributed by atoms with Gasteiger partial charge in [-0.3, -0.25) is 4.79 Å². The quantitative estimate of drug-likeness (QED) is 0.471. The third-order valence-electron chi connectivity index (χ3n) is 6.81. The Labute approximate surface area is 209 Å². The number of fused-ring (bicyclic) bond motifs is 1. The number of carbonyl (C=O) groups is 1. The molecule has 1 aromatic heterocycles. The number of amides is 1. The van der Waals surface area contributed by atoms with E-state index in [9.17, 15) is 13.6 Å². The zero-order chi connectivity index (χ0) is 25.6. The molecule has 2 aliphatic heterocycles. The van der Waals surface area contributed by atoms with E-state index in [4.69, 9.17) is 14.5 Å². The molecule has 7 nitrogen and oxygen atoms in total. The molecule has 0 spiro atoms. The number of nitrogens with one attached hydrogen (secondary N) is 1. The van der Waals surface area contributed by atoms with Crippen LogP contribution in [0.15, 0.2) is 42.5 Å². The molecule has 2 aromatic carbocycles. The van der Waals surface area contributed by atoms with Gasteiger partial charge in [0, 0.05) is 24.2 Å². The Balaban J connectivity index is 1.51. The molecule has 2 aliphatic rings. The van der Waals surface area contributed by atoms with Crippen molar-refractivity contribution in [1.29, 1.82) is 0 Å². The third-order valence-corrected chi connectivity index (χ3v) is 6.81. The van der Waals surface area contributed by atoms with Crippen molar-refractivity contribution in [2.75, 3.05) is 11.9 Å². The van der Waals surface area contributed by atoms with Gasteiger partial charge in [0.2, 0.25) is 5.91 Å². The molecule has 0 saturated carbocycles. The van der Waals surface area contributed by atoms with Crippen molar-refractivity contribution >= 4 is 17.4 Å². The van der Waals surface area contributed by atoms with Crippen molar-refractivity contribution in [1.82, 2.24) is 14.5 Å². The van der Waals surface area contributed by atoms with E-state index in [0.717, 1.165) is 6.42 Å². The van der Waals surface area contributed by atoms with E-state index in [0.29, 0.717) is 47.1 Å². The average Bonchev–Trinajstić information content (AvgIpc) is 3.16. The number of hydrogen-bond acceptors (Lipinski definition) is 5. The molecule has 1 amide bonds. The second kappa shape index (κ2) is 9.29. The van der Waals surface area contributed by atoms with Gasteiger partial charge in [-0.05, 0) is 70.0 Å². The van der Waals surface area contributed by atoms with Crippen LogP contribution in [-0.4, -0.2) is 39.5 Å². The van der Waals surface area contributed by atoms with E-state index in [1.165, 1.54) is 18.2 Å². The lowest BCUT2D eigenvalue weighted by molar-refractivity contribution is -0.377. The zero-order valence-corrected chi connectivity index (χ0v) is 20.8. The van der Waals surface area contributed by atoms with Gasteiger partial charge in [-0.25, -0.2) is 13.8 Å². The molecular weight excluding hydrogens is 466 g/mol. The zero-order valence-electron chi connectivity index (χ0n) is 20.8. The number of aryl methyl sites for hydroxylation is 1. The summed E-state index contributed by atoms with van der Waals surface area (Å²) in [4.78, 5) is 20.1. The molecule has 3 heterocycles. The predicted octanol–water partition coefficient (Wildman–Crippen LogP) is 5.46. The van der Waals surface area contributed by atoms with Gasteiger partial charge in [0.25, 0.3) is 0 Å². The Morgan fingerprint density at radius 1 is 1.17 bits per heavy atom. The fourth-order valence-electron chi connectivity index (χ4n) is 4.94. The van der Waals surface area contributed by atoms with Crippen LogP contribution in [-0.2, 0) is 26.4 Å². The largest absolute Gasteiger partial charge is 0.340 e. The topological polar surface area (TPSA) is 68.6 Å². The number of halogens is 2. The maximum absolute atomic E-state index is 14.2. The predicted molar refractivity (Wildman–Crippen MR) is 131 cm³/mol. The first kappa shape index (κ1) is 24.4. The summed E-state index contributed by atoms with van der Waals surface area (Å²) in [7, 11) is 0. The molecule has 5 rings (SSSR count).